The Hall–Kier alpha value is -0.920. The maximum absolute atomic E-state index is 11.4. The molecule has 2 rings (SSSR count). The van der Waals surface area contributed by atoms with Gasteiger partial charge in [0.15, 0.2) is 6.29 Å². The van der Waals surface area contributed by atoms with E-state index in [1.54, 1.807) is 0 Å². The number of ether oxygens (including phenoxy) is 2. The van der Waals surface area contributed by atoms with E-state index in [1.165, 1.54) is 16.8 Å². The second kappa shape index (κ2) is 4.94. The van der Waals surface area contributed by atoms with Crippen LogP contribution >= 0.6 is 15.9 Å². The minimum absolute atomic E-state index is 0.161. The summed E-state index contributed by atoms with van der Waals surface area (Å²) in [5, 5.41) is 0.601. The molecule has 1 aliphatic heterocycles. The van der Waals surface area contributed by atoms with Crippen molar-refractivity contribution < 1.29 is 9.47 Å². The number of nitrogens with one attached hydrogen (secondary N) is 1. The minimum Gasteiger partial charge on any atom is -0.349 e. The molecule has 0 aliphatic carbocycles. The van der Waals surface area contributed by atoms with Crippen molar-refractivity contribution in [3.63, 3.8) is 0 Å². The van der Waals surface area contributed by atoms with Crippen LogP contribution < -0.4 is 11.2 Å². The van der Waals surface area contributed by atoms with Crippen LogP contribution in [0.15, 0.2) is 21.9 Å². The number of nitrogens with zero attached hydrogens (tertiary/aromatic N) is 1. The highest BCUT2D eigenvalue weighted by Crippen LogP contribution is 2.14. The maximum Gasteiger partial charge on any atom is 0.328 e. The second-order valence-corrected chi connectivity index (χ2v) is 4.09. The van der Waals surface area contributed by atoms with Gasteiger partial charge in [0, 0.05) is 12.3 Å². The third kappa shape index (κ3) is 2.60. The number of hydrogen-bond donors (Lipinski definition) is 1. The van der Waals surface area contributed by atoms with Gasteiger partial charge in [-0.2, -0.15) is 0 Å². The standard InChI is InChI=1S/C9H11BrN2O4/c10-3-8-15-5-6(16-8)4-12-2-1-7(13)11-9(12)14/h1-2,6,8H,3-5H2,(H,11,13,14)/t6-,8+/m0/s1. The summed E-state index contributed by atoms with van der Waals surface area (Å²) in [6, 6.07) is 1.30. The van der Waals surface area contributed by atoms with Crippen LogP contribution in [0.5, 0.6) is 0 Å². The van der Waals surface area contributed by atoms with Crippen molar-refractivity contribution >= 4 is 15.9 Å². The van der Waals surface area contributed by atoms with Crippen LogP contribution in [-0.2, 0) is 16.0 Å². The molecule has 0 amide bonds. The third-order valence-electron chi connectivity index (χ3n) is 2.24. The molecule has 1 N–H and O–H groups in total. The van der Waals surface area contributed by atoms with Crippen molar-refractivity contribution in [2.45, 2.75) is 18.9 Å². The second-order valence-electron chi connectivity index (χ2n) is 3.44. The number of aromatic nitrogens is 2. The summed E-state index contributed by atoms with van der Waals surface area (Å²) in [5.41, 5.74) is -0.832. The van der Waals surface area contributed by atoms with E-state index in [2.05, 4.69) is 20.9 Å². The van der Waals surface area contributed by atoms with Crippen LogP contribution in [0.3, 0.4) is 0 Å². The maximum atomic E-state index is 11.4. The largest absolute Gasteiger partial charge is 0.349 e. The van der Waals surface area contributed by atoms with Gasteiger partial charge in [-0.05, 0) is 0 Å². The Morgan fingerprint density at radius 3 is 3.00 bits per heavy atom. The summed E-state index contributed by atoms with van der Waals surface area (Å²) in [6.45, 7) is 0.820. The molecule has 2 atom stereocenters. The van der Waals surface area contributed by atoms with E-state index in [4.69, 9.17) is 9.47 Å². The van der Waals surface area contributed by atoms with Crippen LogP contribution in [0.2, 0.25) is 0 Å². The molecule has 1 aromatic heterocycles. The highest BCUT2D eigenvalue weighted by Gasteiger charge is 2.25. The van der Waals surface area contributed by atoms with Gasteiger partial charge in [0.05, 0.1) is 18.5 Å². The highest BCUT2D eigenvalue weighted by atomic mass is 79.9. The van der Waals surface area contributed by atoms with Crippen LogP contribution in [0, 0.1) is 0 Å². The Kier molecular flexibility index (Phi) is 3.57. The Labute approximate surface area is 99.3 Å². The molecule has 7 heteroatoms. The zero-order valence-corrected chi connectivity index (χ0v) is 9.97. The molecule has 6 nitrogen and oxygen atoms in total. The smallest absolute Gasteiger partial charge is 0.328 e. The Balaban J connectivity index is 2.05. The average molecular weight is 291 g/mol. The zero-order valence-electron chi connectivity index (χ0n) is 8.39. The Morgan fingerprint density at radius 2 is 2.38 bits per heavy atom. The lowest BCUT2D eigenvalue weighted by molar-refractivity contribution is -0.0400. The van der Waals surface area contributed by atoms with Crippen molar-refractivity contribution in [3.05, 3.63) is 33.1 Å². The molecule has 1 aromatic rings. The lowest BCUT2D eigenvalue weighted by Crippen LogP contribution is -2.33. The zero-order chi connectivity index (χ0) is 11.5. The van der Waals surface area contributed by atoms with Crippen molar-refractivity contribution in [3.8, 4) is 0 Å². The number of H-pyrrole nitrogens is 1. The number of rotatable bonds is 3. The Bertz CT molecular complexity index is 469. The first-order valence-electron chi connectivity index (χ1n) is 4.82. The summed E-state index contributed by atoms with van der Waals surface area (Å²) in [5.74, 6) is 0. The fraction of sp³-hybridized carbons (Fsp3) is 0.556. The summed E-state index contributed by atoms with van der Waals surface area (Å²) in [7, 11) is 0. The third-order valence-corrected chi connectivity index (χ3v) is 2.76. The average Bonchev–Trinajstić information content (AvgIpc) is 2.70. The topological polar surface area (TPSA) is 73.3 Å². The highest BCUT2D eigenvalue weighted by molar-refractivity contribution is 9.09. The lowest BCUT2D eigenvalue weighted by atomic mass is 10.4. The van der Waals surface area contributed by atoms with E-state index in [-0.39, 0.29) is 12.4 Å². The van der Waals surface area contributed by atoms with Crippen LogP contribution in [-0.4, -0.2) is 33.9 Å². The van der Waals surface area contributed by atoms with Gasteiger partial charge in [0.1, 0.15) is 6.10 Å². The first-order chi connectivity index (χ1) is 7.69. The molecular formula is C9H11BrN2O4. The van der Waals surface area contributed by atoms with Crippen molar-refractivity contribution in [2.24, 2.45) is 0 Å². The fourth-order valence-electron chi connectivity index (χ4n) is 1.49. The number of halogens is 1. The summed E-state index contributed by atoms with van der Waals surface area (Å²) < 4.78 is 12.2. The lowest BCUT2D eigenvalue weighted by Gasteiger charge is -2.10. The van der Waals surface area contributed by atoms with E-state index in [0.29, 0.717) is 18.5 Å². The number of aromatic amines is 1. The van der Waals surface area contributed by atoms with Gasteiger partial charge in [0.2, 0.25) is 0 Å². The molecule has 1 fully saturated rings. The van der Waals surface area contributed by atoms with Gasteiger partial charge in [0.25, 0.3) is 5.56 Å². The predicted octanol–water partition coefficient (Wildman–Crippen LogP) is -0.327. The molecular weight excluding hydrogens is 280 g/mol. The molecule has 0 spiro atoms. The van der Waals surface area contributed by atoms with Crippen LogP contribution in [0.25, 0.3) is 0 Å². The van der Waals surface area contributed by atoms with Crippen molar-refractivity contribution in [1.82, 2.24) is 9.55 Å². The molecule has 0 saturated carbocycles. The fourth-order valence-corrected chi connectivity index (χ4v) is 1.83. The van der Waals surface area contributed by atoms with Gasteiger partial charge in [-0.15, -0.1) is 0 Å². The minimum atomic E-state index is -0.432. The van der Waals surface area contributed by atoms with E-state index >= 15 is 0 Å². The predicted molar refractivity (Wildman–Crippen MR) is 59.7 cm³/mol. The molecule has 0 radical (unpaired) electrons. The van der Waals surface area contributed by atoms with Gasteiger partial charge >= 0.3 is 5.69 Å². The van der Waals surface area contributed by atoms with Gasteiger partial charge in [-0.25, -0.2) is 4.79 Å². The first kappa shape index (κ1) is 11.6. The molecule has 0 bridgehead atoms. The number of alkyl halides is 1. The van der Waals surface area contributed by atoms with E-state index in [1.807, 2.05) is 0 Å². The summed E-state index contributed by atoms with van der Waals surface area (Å²) in [6.07, 6.45) is 1.03. The summed E-state index contributed by atoms with van der Waals surface area (Å²) >= 11 is 3.25. The molecule has 88 valence electrons. The van der Waals surface area contributed by atoms with E-state index in [0.717, 1.165) is 0 Å². The molecule has 2 heterocycles. The van der Waals surface area contributed by atoms with Crippen LogP contribution in [0.4, 0.5) is 0 Å². The van der Waals surface area contributed by atoms with Gasteiger partial charge in [-0.3, -0.25) is 14.3 Å². The quantitative estimate of drug-likeness (QED) is 0.774. The summed E-state index contributed by atoms with van der Waals surface area (Å²) in [4.78, 5) is 24.4. The molecule has 0 aromatic carbocycles. The molecule has 1 saturated heterocycles. The normalized spacial score (nSPS) is 24.8. The molecule has 16 heavy (non-hydrogen) atoms. The first-order valence-corrected chi connectivity index (χ1v) is 5.94. The van der Waals surface area contributed by atoms with E-state index in [9.17, 15) is 9.59 Å². The van der Waals surface area contributed by atoms with Crippen LogP contribution in [0.1, 0.15) is 0 Å². The van der Waals surface area contributed by atoms with Crippen molar-refractivity contribution in [1.29, 1.82) is 0 Å². The molecule has 0 unspecified atom stereocenters. The number of hydrogen-bond acceptors (Lipinski definition) is 4. The SMILES string of the molecule is O=c1ccn(C[C@H]2CO[C@@H](CBr)O2)c(=O)[nH]1. The van der Waals surface area contributed by atoms with Crippen molar-refractivity contribution in [2.75, 3.05) is 11.9 Å². The van der Waals surface area contributed by atoms with E-state index < -0.39 is 11.2 Å². The monoisotopic (exact) mass is 290 g/mol. The molecule has 1 aliphatic rings. The van der Waals surface area contributed by atoms with Gasteiger partial charge in [-0.1, -0.05) is 15.9 Å². The Morgan fingerprint density at radius 1 is 1.56 bits per heavy atom. The van der Waals surface area contributed by atoms with Gasteiger partial charge < -0.3 is 9.47 Å².